The van der Waals surface area contributed by atoms with Gasteiger partial charge in [-0.25, -0.2) is 0 Å². The minimum Gasteiger partial charge on any atom is -0.481 e. The van der Waals surface area contributed by atoms with E-state index in [9.17, 15) is 9.59 Å². The zero-order valence-electron chi connectivity index (χ0n) is 11.6. The molecule has 1 aromatic heterocycles. The van der Waals surface area contributed by atoms with Crippen LogP contribution in [0.4, 0.5) is 0 Å². The van der Waals surface area contributed by atoms with Crippen LogP contribution in [0.5, 0.6) is 0 Å². The maximum absolute atomic E-state index is 12.2. The van der Waals surface area contributed by atoms with E-state index in [1.54, 1.807) is 11.3 Å². The lowest BCUT2D eigenvalue weighted by atomic mass is 9.93. The Hall–Kier alpha value is -1.36. The molecule has 1 saturated heterocycles. The van der Waals surface area contributed by atoms with E-state index in [-0.39, 0.29) is 12.3 Å². The number of hydrogen-bond acceptors (Lipinski definition) is 3. The third kappa shape index (κ3) is 4.63. The topological polar surface area (TPSA) is 57.6 Å². The lowest BCUT2D eigenvalue weighted by molar-refractivity contribution is -0.137. The van der Waals surface area contributed by atoms with E-state index in [2.05, 4.69) is 11.4 Å². The summed E-state index contributed by atoms with van der Waals surface area (Å²) >= 11 is 1.66. The summed E-state index contributed by atoms with van der Waals surface area (Å²) in [5.74, 6) is -0.188. The fourth-order valence-corrected chi connectivity index (χ4v) is 3.40. The third-order valence-electron chi connectivity index (χ3n) is 3.85. The number of rotatable bonds is 6. The van der Waals surface area contributed by atoms with E-state index >= 15 is 0 Å². The molecule has 2 heterocycles. The average Bonchev–Trinajstić information content (AvgIpc) is 2.96. The number of thiophene rings is 1. The molecule has 110 valence electrons. The molecule has 1 atom stereocenters. The molecule has 4 nitrogen and oxygen atoms in total. The molecule has 0 saturated carbocycles. The fourth-order valence-electron chi connectivity index (χ4n) is 2.70. The summed E-state index contributed by atoms with van der Waals surface area (Å²) in [6, 6.07) is 2.06. The number of carbonyl (C=O) groups is 2. The number of nitrogens with zero attached hydrogens (tertiary/aromatic N) is 1. The Morgan fingerprint density at radius 3 is 2.95 bits per heavy atom. The SMILES string of the molecule is O=C(O)CCC1CCCN(C(=O)CCc2ccsc2)C1. The Bertz CT molecular complexity index is 444. The molecule has 1 N–H and O–H groups in total. The molecule has 0 aliphatic carbocycles. The number of carbonyl (C=O) groups excluding carboxylic acids is 1. The number of likely N-dealkylation sites (tertiary alicyclic amines) is 1. The highest BCUT2D eigenvalue weighted by atomic mass is 32.1. The summed E-state index contributed by atoms with van der Waals surface area (Å²) in [5, 5.41) is 12.8. The maximum Gasteiger partial charge on any atom is 0.303 e. The molecule has 1 aliphatic heterocycles. The molecule has 0 aromatic carbocycles. The Labute approximate surface area is 123 Å². The van der Waals surface area contributed by atoms with Gasteiger partial charge in [0.25, 0.3) is 0 Å². The highest BCUT2D eigenvalue weighted by Gasteiger charge is 2.23. The zero-order chi connectivity index (χ0) is 14.4. The first-order chi connectivity index (χ1) is 9.65. The van der Waals surface area contributed by atoms with E-state index in [4.69, 9.17) is 5.11 Å². The van der Waals surface area contributed by atoms with Crippen molar-refractivity contribution >= 4 is 23.2 Å². The predicted octanol–water partition coefficient (Wildman–Crippen LogP) is 2.78. The first kappa shape index (κ1) is 15.0. The van der Waals surface area contributed by atoms with Crippen LogP contribution < -0.4 is 0 Å². The van der Waals surface area contributed by atoms with Crippen molar-refractivity contribution in [3.8, 4) is 0 Å². The molecule has 1 aromatic rings. The van der Waals surface area contributed by atoms with E-state index in [1.165, 1.54) is 5.56 Å². The van der Waals surface area contributed by atoms with Crippen molar-refractivity contribution in [1.29, 1.82) is 0 Å². The summed E-state index contributed by atoms with van der Waals surface area (Å²) in [4.78, 5) is 24.7. The molecule has 0 radical (unpaired) electrons. The maximum atomic E-state index is 12.2. The van der Waals surface area contributed by atoms with Gasteiger partial charge in [0.2, 0.25) is 5.91 Å². The summed E-state index contributed by atoms with van der Waals surface area (Å²) < 4.78 is 0. The molecule has 1 unspecified atom stereocenters. The standard InChI is InChI=1S/C15H21NO3S/c17-14(5-3-13-7-9-20-11-13)16-8-1-2-12(10-16)4-6-15(18)19/h7,9,11-12H,1-6,8,10H2,(H,18,19). The molecule has 1 amide bonds. The summed E-state index contributed by atoms with van der Waals surface area (Å²) in [7, 11) is 0. The number of carboxylic acids is 1. The van der Waals surface area contributed by atoms with Crippen molar-refractivity contribution in [2.45, 2.75) is 38.5 Å². The number of amides is 1. The van der Waals surface area contributed by atoms with Crippen LogP contribution in [0, 0.1) is 5.92 Å². The van der Waals surface area contributed by atoms with Crippen LogP contribution in [-0.2, 0) is 16.0 Å². The lowest BCUT2D eigenvalue weighted by Gasteiger charge is -2.32. The molecular weight excluding hydrogens is 274 g/mol. The number of carboxylic acid groups (broad SMARTS) is 1. The Balaban J connectivity index is 1.76. The van der Waals surface area contributed by atoms with Crippen LogP contribution in [0.2, 0.25) is 0 Å². The van der Waals surface area contributed by atoms with Gasteiger partial charge in [-0.1, -0.05) is 0 Å². The van der Waals surface area contributed by atoms with Crippen LogP contribution in [0.1, 0.15) is 37.7 Å². The van der Waals surface area contributed by atoms with Crippen molar-refractivity contribution in [3.05, 3.63) is 22.4 Å². The van der Waals surface area contributed by atoms with E-state index in [0.717, 1.165) is 32.4 Å². The van der Waals surface area contributed by atoms with Crippen LogP contribution >= 0.6 is 11.3 Å². The van der Waals surface area contributed by atoms with Gasteiger partial charge in [-0.2, -0.15) is 11.3 Å². The lowest BCUT2D eigenvalue weighted by Crippen LogP contribution is -2.40. The first-order valence-electron chi connectivity index (χ1n) is 7.16. The van der Waals surface area contributed by atoms with Gasteiger partial charge in [0.15, 0.2) is 0 Å². The van der Waals surface area contributed by atoms with Gasteiger partial charge in [-0.15, -0.1) is 0 Å². The van der Waals surface area contributed by atoms with Crippen LogP contribution in [-0.4, -0.2) is 35.0 Å². The largest absolute Gasteiger partial charge is 0.481 e. The number of hydrogen-bond donors (Lipinski definition) is 1. The van der Waals surface area contributed by atoms with Gasteiger partial charge < -0.3 is 10.0 Å². The molecular formula is C15H21NO3S. The highest BCUT2D eigenvalue weighted by Crippen LogP contribution is 2.22. The Kier molecular flexibility index (Phi) is 5.59. The van der Waals surface area contributed by atoms with Gasteiger partial charge >= 0.3 is 5.97 Å². The van der Waals surface area contributed by atoms with Gasteiger partial charge in [-0.05, 0) is 54.0 Å². The second-order valence-corrected chi connectivity index (χ2v) is 6.19. The Morgan fingerprint density at radius 2 is 2.25 bits per heavy atom. The van der Waals surface area contributed by atoms with Gasteiger partial charge in [-0.3, -0.25) is 9.59 Å². The second-order valence-electron chi connectivity index (χ2n) is 5.41. The van der Waals surface area contributed by atoms with Gasteiger partial charge in [0, 0.05) is 25.9 Å². The molecule has 0 spiro atoms. The zero-order valence-corrected chi connectivity index (χ0v) is 12.4. The van der Waals surface area contributed by atoms with E-state index in [0.29, 0.717) is 18.8 Å². The Morgan fingerprint density at radius 1 is 1.40 bits per heavy atom. The highest BCUT2D eigenvalue weighted by molar-refractivity contribution is 7.07. The van der Waals surface area contributed by atoms with E-state index in [1.807, 2.05) is 10.3 Å². The molecule has 1 fully saturated rings. The van der Waals surface area contributed by atoms with Crippen LogP contribution in [0.25, 0.3) is 0 Å². The number of piperidine rings is 1. The van der Waals surface area contributed by atoms with E-state index < -0.39 is 5.97 Å². The smallest absolute Gasteiger partial charge is 0.303 e. The predicted molar refractivity (Wildman–Crippen MR) is 78.8 cm³/mol. The summed E-state index contributed by atoms with van der Waals surface area (Å²) in [6.45, 7) is 1.56. The molecule has 1 aliphatic rings. The second kappa shape index (κ2) is 7.43. The van der Waals surface area contributed by atoms with Crippen LogP contribution in [0.3, 0.4) is 0 Å². The van der Waals surface area contributed by atoms with Crippen molar-refractivity contribution in [1.82, 2.24) is 4.90 Å². The molecule has 0 bridgehead atoms. The average molecular weight is 295 g/mol. The van der Waals surface area contributed by atoms with Gasteiger partial charge in [0.1, 0.15) is 0 Å². The van der Waals surface area contributed by atoms with Crippen molar-refractivity contribution in [3.63, 3.8) is 0 Å². The quantitative estimate of drug-likeness (QED) is 0.878. The molecule has 2 rings (SSSR count). The fraction of sp³-hybridized carbons (Fsp3) is 0.600. The van der Waals surface area contributed by atoms with Crippen molar-refractivity contribution < 1.29 is 14.7 Å². The first-order valence-corrected chi connectivity index (χ1v) is 8.10. The number of aryl methyl sites for hydroxylation is 1. The monoisotopic (exact) mass is 295 g/mol. The summed E-state index contributed by atoms with van der Waals surface area (Å²) in [6.07, 6.45) is 4.29. The minimum absolute atomic E-state index is 0.205. The molecule has 5 heteroatoms. The van der Waals surface area contributed by atoms with Crippen molar-refractivity contribution in [2.75, 3.05) is 13.1 Å². The van der Waals surface area contributed by atoms with Crippen LogP contribution in [0.15, 0.2) is 16.8 Å². The normalized spacial score (nSPS) is 19.0. The number of aliphatic carboxylic acids is 1. The molecule has 20 heavy (non-hydrogen) atoms. The minimum atomic E-state index is -0.745. The third-order valence-corrected chi connectivity index (χ3v) is 4.58. The summed E-state index contributed by atoms with van der Waals surface area (Å²) in [5.41, 5.74) is 1.22. The van der Waals surface area contributed by atoms with Gasteiger partial charge in [0.05, 0.1) is 0 Å². The van der Waals surface area contributed by atoms with Crippen molar-refractivity contribution in [2.24, 2.45) is 5.92 Å².